The second-order valence-corrected chi connectivity index (χ2v) is 3.91. The molecule has 0 aliphatic carbocycles. The predicted molar refractivity (Wildman–Crippen MR) is 71.0 cm³/mol. The van der Waals surface area contributed by atoms with E-state index in [9.17, 15) is 0 Å². The Labute approximate surface area is 110 Å². The molecule has 0 aromatic rings. The van der Waals surface area contributed by atoms with Crippen molar-refractivity contribution in [1.29, 1.82) is 0 Å². The zero-order valence-corrected chi connectivity index (χ0v) is 11.9. The third-order valence-corrected chi connectivity index (χ3v) is 2.44. The van der Waals surface area contributed by atoms with Gasteiger partial charge < -0.3 is 14.2 Å². The molecule has 0 aromatic carbocycles. The Morgan fingerprint density at radius 3 is 1.65 bits per heavy atom. The second-order valence-electron chi connectivity index (χ2n) is 3.54. The van der Waals surface area contributed by atoms with E-state index in [1.54, 1.807) is 0 Å². The number of alkyl halides is 1. The Kier molecular flexibility index (Phi) is 14.3. The molecule has 0 rings (SSSR count). The van der Waals surface area contributed by atoms with Crippen LogP contribution in [0.1, 0.15) is 13.8 Å². The third kappa shape index (κ3) is 12.4. The van der Waals surface area contributed by atoms with Crippen LogP contribution in [0.15, 0.2) is 0 Å². The third-order valence-electron chi connectivity index (χ3n) is 2.29. The van der Waals surface area contributed by atoms with Crippen molar-refractivity contribution in [3.8, 4) is 0 Å². The Morgan fingerprint density at radius 1 is 0.765 bits per heavy atom. The van der Waals surface area contributed by atoms with E-state index in [4.69, 9.17) is 25.8 Å². The number of halogens is 1. The standard InChI is InChI=1S/C12H26ClNO3/c1-3-15-10-6-14(7-11-16-4-2)8-12-17-9-5-13/h3-12H2,1-2H3. The van der Waals surface area contributed by atoms with E-state index < -0.39 is 0 Å². The van der Waals surface area contributed by atoms with Crippen molar-refractivity contribution in [1.82, 2.24) is 4.90 Å². The molecule has 0 amide bonds. The topological polar surface area (TPSA) is 30.9 Å². The van der Waals surface area contributed by atoms with Crippen molar-refractivity contribution >= 4 is 11.6 Å². The van der Waals surface area contributed by atoms with E-state index in [1.165, 1.54) is 0 Å². The highest BCUT2D eigenvalue weighted by molar-refractivity contribution is 6.17. The van der Waals surface area contributed by atoms with Gasteiger partial charge >= 0.3 is 0 Å². The summed E-state index contributed by atoms with van der Waals surface area (Å²) in [4.78, 5) is 2.29. The van der Waals surface area contributed by atoms with Gasteiger partial charge in [-0.1, -0.05) is 0 Å². The van der Waals surface area contributed by atoms with Gasteiger partial charge in [0.2, 0.25) is 0 Å². The molecule has 0 fully saturated rings. The molecule has 0 saturated heterocycles. The molecule has 0 spiro atoms. The summed E-state index contributed by atoms with van der Waals surface area (Å²) in [5, 5.41) is 0. The largest absolute Gasteiger partial charge is 0.380 e. The van der Waals surface area contributed by atoms with Crippen LogP contribution in [-0.2, 0) is 14.2 Å². The van der Waals surface area contributed by atoms with Crippen molar-refractivity contribution in [2.45, 2.75) is 13.8 Å². The molecular weight excluding hydrogens is 242 g/mol. The summed E-state index contributed by atoms with van der Waals surface area (Å²) in [7, 11) is 0. The van der Waals surface area contributed by atoms with Gasteiger partial charge in [-0.3, -0.25) is 4.90 Å². The van der Waals surface area contributed by atoms with Crippen LogP contribution in [0.5, 0.6) is 0 Å². The van der Waals surface area contributed by atoms with E-state index in [-0.39, 0.29) is 0 Å². The van der Waals surface area contributed by atoms with Gasteiger partial charge in [0.05, 0.1) is 26.4 Å². The Morgan fingerprint density at radius 2 is 1.24 bits per heavy atom. The zero-order valence-electron chi connectivity index (χ0n) is 11.1. The van der Waals surface area contributed by atoms with Crippen molar-refractivity contribution in [2.24, 2.45) is 0 Å². The highest BCUT2D eigenvalue weighted by Crippen LogP contribution is 1.91. The molecule has 0 bridgehead atoms. The molecule has 0 radical (unpaired) electrons. The smallest absolute Gasteiger partial charge is 0.0602 e. The first kappa shape index (κ1) is 17.1. The van der Waals surface area contributed by atoms with Gasteiger partial charge in [0, 0.05) is 38.7 Å². The molecule has 4 nitrogen and oxygen atoms in total. The minimum Gasteiger partial charge on any atom is -0.380 e. The van der Waals surface area contributed by atoms with E-state index in [0.29, 0.717) is 19.1 Å². The van der Waals surface area contributed by atoms with Gasteiger partial charge in [0.15, 0.2) is 0 Å². The van der Waals surface area contributed by atoms with Gasteiger partial charge in [0.1, 0.15) is 0 Å². The maximum absolute atomic E-state index is 5.54. The van der Waals surface area contributed by atoms with E-state index in [1.807, 2.05) is 13.8 Å². The van der Waals surface area contributed by atoms with Crippen molar-refractivity contribution < 1.29 is 14.2 Å². The summed E-state index contributed by atoms with van der Waals surface area (Å²) in [5.74, 6) is 0.553. The molecule has 0 aromatic heterocycles. The van der Waals surface area contributed by atoms with Gasteiger partial charge in [-0.15, -0.1) is 11.6 Å². The fourth-order valence-corrected chi connectivity index (χ4v) is 1.47. The quantitative estimate of drug-likeness (QED) is 0.375. The summed E-state index contributed by atoms with van der Waals surface area (Å²) in [5.41, 5.74) is 0. The lowest BCUT2D eigenvalue weighted by molar-refractivity contribution is 0.0608. The van der Waals surface area contributed by atoms with E-state index in [2.05, 4.69) is 4.90 Å². The molecule has 17 heavy (non-hydrogen) atoms. The van der Waals surface area contributed by atoms with E-state index >= 15 is 0 Å². The van der Waals surface area contributed by atoms with Crippen molar-refractivity contribution in [3.05, 3.63) is 0 Å². The molecule has 0 saturated carbocycles. The summed E-state index contributed by atoms with van der Waals surface area (Å²) in [6.07, 6.45) is 0. The SMILES string of the molecule is CCOCCN(CCOCC)CCOCCCl. The fourth-order valence-electron chi connectivity index (χ4n) is 1.36. The number of rotatable bonds is 13. The van der Waals surface area contributed by atoms with Gasteiger partial charge in [-0.25, -0.2) is 0 Å². The number of nitrogens with zero attached hydrogens (tertiary/aromatic N) is 1. The first-order chi connectivity index (χ1) is 8.35. The van der Waals surface area contributed by atoms with Crippen molar-refractivity contribution in [2.75, 3.05) is 65.2 Å². The summed E-state index contributed by atoms with van der Waals surface area (Å²) < 4.78 is 16.1. The Balaban J connectivity index is 3.60. The molecule has 0 unspecified atom stereocenters. The van der Waals surface area contributed by atoms with Crippen molar-refractivity contribution in [3.63, 3.8) is 0 Å². The highest BCUT2D eigenvalue weighted by Gasteiger charge is 2.04. The van der Waals surface area contributed by atoms with Crippen LogP contribution >= 0.6 is 11.6 Å². The van der Waals surface area contributed by atoms with Crippen LogP contribution < -0.4 is 0 Å². The lowest BCUT2D eigenvalue weighted by atomic mass is 10.4. The molecule has 0 heterocycles. The molecule has 0 atom stereocenters. The normalized spacial score (nSPS) is 11.3. The lowest BCUT2D eigenvalue weighted by Crippen LogP contribution is -2.34. The van der Waals surface area contributed by atoms with Crippen LogP contribution in [-0.4, -0.2) is 70.1 Å². The monoisotopic (exact) mass is 267 g/mol. The summed E-state index contributed by atoms with van der Waals surface area (Å²) >= 11 is 5.54. The van der Waals surface area contributed by atoms with Crippen LogP contribution in [0.25, 0.3) is 0 Å². The highest BCUT2D eigenvalue weighted by atomic mass is 35.5. The molecular formula is C12H26ClNO3. The van der Waals surface area contributed by atoms with Crippen LogP contribution in [0.3, 0.4) is 0 Å². The van der Waals surface area contributed by atoms with Gasteiger partial charge in [-0.05, 0) is 13.8 Å². The maximum Gasteiger partial charge on any atom is 0.0602 e. The number of ether oxygens (including phenoxy) is 3. The van der Waals surface area contributed by atoms with Crippen LogP contribution in [0.2, 0.25) is 0 Å². The molecule has 0 aliphatic rings. The summed E-state index contributed by atoms with van der Waals surface area (Å²) in [6, 6.07) is 0. The fraction of sp³-hybridized carbons (Fsp3) is 1.00. The first-order valence-electron chi connectivity index (χ1n) is 6.36. The molecule has 104 valence electrons. The zero-order chi connectivity index (χ0) is 12.8. The Bertz CT molecular complexity index is 140. The first-order valence-corrected chi connectivity index (χ1v) is 6.90. The average Bonchev–Trinajstić information content (AvgIpc) is 2.34. The van der Waals surface area contributed by atoms with Gasteiger partial charge in [0.25, 0.3) is 0 Å². The minimum atomic E-state index is 0.553. The van der Waals surface area contributed by atoms with E-state index in [0.717, 1.165) is 46.1 Å². The summed E-state index contributed by atoms with van der Waals surface area (Å²) in [6.45, 7) is 11.1. The number of hydrogen-bond acceptors (Lipinski definition) is 4. The molecule has 5 heteroatoms. The number of hydrogen-bond donors (Lipinski definition) is 0. The lowest BCUT2D eigenvalue weighted by Gasteiger charge is -2.21. The van der Waals surface area contributed by atoms with Gasteiger partial charge in [-0.2, -0.15) is 0 Å². The molecule has 0 N–H and O–H groups in total. The van der Waals surface area contributed by atoms with Crippen LogP contribution in [0, 0.1) is 0 Å². The minimum absolute atomic E-state index is 0.553. The second kappa shape index (κ2) is 14.2. The Hall–Kier alpha value is 0.130. The average molecular weight is 268 g/mol. The maximum atomic E-state index is 5.54. The predicted octanol–water partition coefficient (Wildman–Crippen LogP) is 1.62. The molecule has 0 aliphatic heterocycles. The van der Waals surface area contributed by atoms with Crippen LogP contribution in [0.4, 0.5) is 0 Å².